The number of phenolic OH excluding ortho intramolecular Hbond substituents is 1. The Morgan fingerprint density at radius 3 is 2.31 bits per heavy atom. The minimum absolute atomic E-state index is 0.157. The highest BCUT2D eigenvalue weighted by atomic mass is 16.3. The zero-order valence-corrected chi connectivity index (χ0v) is 20.3. The third kappa shape index (κ3) is 7.39. The first kappa shape index (κ1) is 25.9. The van der Waals surface area contributed by atoms with Gasteiger partial charge in [0.25, 0.3) is 0 Å². The molecule has 0 spiro atoms. The largest absolute Gasteiger partial charge is 0.508 e. The van der Waals surface area contributed by atoms with E-state index in [0.29, 0.717) is 19.3 Å². The topological polar surface area (TPSA) is 109 Å². The number of aromatic hydroxyl groups is 1. The van der Waals surface area contributed by atoms with Crippen molar-refractivity contribution in [3.05, 3.63) is 95.8 Å². The molecule has 3 aromatic rings. The number of amides is 2. The van der Waals surface area contributed by atoms with Gasteiger partial charge in [0, 0.05) is 25.4 Å². The lowest BCUT2D eigenvalue weighted by atomic mass is 10.00. The lowest BCUT2D eigenvalue weighted by Crippen LogP contribution is -2.53. The van der Waals surface area contributed by atoms with Crippen LogP contribution in [0.4, 0.5) is 0 Å². The molecular weight excluding hydrogens is 440 g/mol. The maximum Gasteiger partial charge on any atom is 0.243 e. The molecule has 1 aromatic heterocycles. The van der Waals surface area contributed by atoms with Crippen molar-refractivity contribution in [3.8, 4) is 5.75 Å². The van der Waals surface area contributed by atoms with E-state index in [2.05, 4.69) is 10.3 Å². The van der Waals surface area contributed by atoms with Gasteiger partial charge in [-0.3, -0.25) is 14.6 Å². The van der Waals surface area contributed by atoms with Crippen LogP contribution in [0.3, 0.4) is 0 Å². The first-order valence-electron chi connectivity index (χ1n) is 11.9. The van der Waals surface area contributed by atoms with Gasteiger partial charge in [-0.05, 0) is 48.2 Å². The second kappa shape index (κ2) is 12.7. The maximum atomic E-state index is 13.5. The van der Waals surface area contributed by atoms with Crippen molar-refractivity contribution in [2.75, 3.05) is 7.05 Å². The fraction of sp³-hybridized carbons (Fsp3) is 0.321. The normalized spacial score (nSPS) is 13.5. The van der Waals surface area contributed by atoms with Crippen LogP contribution >= 0.6 is 0 Å². The van der Waals surface area contributed by atoms with Crippen LogP contribution in [0, 0.1) is 0 Å². The highest BCUT2D eigenvalue weighted by Gasteiger charge is 2.30. The molecule has 2 amide bonds. The minimum Gasteiger partial charge on any atom is -0.508 e. The van der Waals surface area contributed by atoms with E-state index in [4.69, 9.17) is 5.73 Å². The molecule has 0 fully saturated rings. The number of aromatic nitrogens is 1. The van der Waals surface area contributed by atoms with Gasteiger partial charge < -0.3 is 21.1 Å². The molecule has 3 atom stereocenters. The smallest absolute Gasteiger partial charge is 0.243 e. The molecule has 0 radical (unpaired) electrons. The van der Waals surface area contributed by atoms with E-state index in [1.165, 1.54) is 4.90 Å². The zero-order valence-electron chi connectivity index (χ0n) is 20.3. The Hall–Kier alpha value is -3.71. The first-order valence-corrected chi connectivity index (χ1v) is 11.9. The van der Waals surface area contributed by atoms with Crippen LogP contribution in [0.5, 0.6) is 5.75 Å². The number of carbonyl (C=O) groups is 2. The van der Waals surface area contributed by atoms with Crippen LogP contribution in [0.25, 0.3) is 0 Å². The fourth-order valence-electron chi connectivity index (χ4n) is 4.10. The highest BCUT2D eigenvalue weighted by molar-refractivity contribution is 5.90. The van der Waals surface area contributed by atoms with E-state index in [9.17, 15) is 14.7 Å². The molecule has 0 aliphatic heterocycles. The summed E-state index contributed by atoms with van der Waals surface area (Å²) >= 11 is 0. The van der Waals surface area contributed by atoms with Gasteiger partial charge in [-0.25, -0.2) is 0 Å². The molecule has 0 bridgehead atoms. The van der Waals surface area contributed by atoms with Crippen molar-refractivity contribution in [2.24, 2.45) is 5.73 Å². The highest BCUT2D eigenvalue weighted by Crippen LogP contribution is 2.19. The number of benzene rings is 2. The number of nitrogens with zero attached hydrogens (tertiary/aromatic N) is 2. The first-order chi connectivity index (χ1) is 16.9. The molecule has 0 aliphatic carbocycles. The fourth-order valence-corrected chi connectivity index (χ4v) is 4.10. The lowest BCUT2D eigenvalue weighted by Gasteiger charge is -2.31. The number of phenols is 1. The van der Waals surface area contributed by atoms with E-state index >= 15 is 0 Å². The summed E-state index contributed by atoms with van der Waals surface area (Å²) in [6, 6.07) is 20.4. The van der Waals surface area contributed by atoms with E-state index < -0.39 is 12.1 Å². The van der Waals surface area contributed by atoms with Crippen molar-refractivity contribution < 1.29 is 14.7 Å². The number of hydrogen-bond donors (Lipinski definition) is 3. The SMILES string of the molecule is CCC[C@@H](C(=O)N[C@@H](Cc1ccccn1)c1ccccc1)N(C)C(=O)[C@@H](N)Cc1ccc(O)cc1. The number of hydrogen-bond acceptors (Lipinski definition) is 5. The molecular formula is C28H34N4O3. The summed E-state index contributed by atoms with van der Waals surface area (Å²) in [5.41, 5.74) is 8.91. The molecule has 1 heterocycles. The summed E-state index contributed by atoms with van der Waals surface area (Å²) in [4.78, 5) is 32.5. The van der Waals surface area contributed by atoms with Crippen molar-refractivity contribution in [2.45, 2.75) is 50.7 Å². The van der Waals surface area contributed by atoms with Gasteiger partial charge >= 0.3 is 0 Å². The number of carbonyl (C=O) groups excluding carboxylic acids is 2. The third-order valence-corrected chi connectivity index (χ3v) is 6.05. The summed E-state index contributed by atoms with van der Waals surface area (Å²) in [6.07, 6.45) is 3.84. The molecule has 7 nitrogen and oxygen atoms in total. The van der Waals surface area contributed by atoms with Crippen LogP contribution in [0.15, 0.2) is 79.0 Å². The molecule has 0 aliphatic rings. The summed E-state index contributed by atoms with van der Waals surface area (Å²) in [5.74, 6) is -0.360. The summed E-state index contributed by atoms with van der Waals surface area (Å²) in [6.45, 7) is 1.98. The number of rotatable bonds is 11. The van der Waals surface area contributed by atoms with Crippen molar-refractivity contribution >= 4 is 11.8 Å². The molecule has 0 saturated heterocycles. The molecule has 0 unspecified atom stereocenters. The van der Waals surface area contributed by atoms with Gasteiger partial charge in [0.2, 0.25) is 11.8 Å². The van der Waals surface area contributed by atoms with Crippen LogP contribution in [-0.2, 0) is 22.4 Å². The predicted octanol–water partition coefficient (Wildman–Crippen LogP) is 3.38. The second-order valence-corrected chi connectivity index (χ2v) is 8.73. The van der Waals surface area contributed by atoms with E-state index in [0.717, 1.165) is 23.2 Å². The number of nitrogens with two attached hydrogens (primary N) is 1. The standard InChI is InChI=1S/C28H34N4O3/c1-3-9-26(32(2)28(35)24(29)18-20-13-15-23(33)16-14-20)27(34)31-25(21-10-5-4-6-11-21)19-22-12-7-8-17-30-22/h4-8,10-17,24-26,33H,3,9,18-19,29H2,1-2H3,(H,31,34)/t24-,25-,26-/m0/s1. The van der Waals surface area contributed by atoms with E-state index in [1.54, 1.807) is 37.5 Å². The average molecular weight is 475 g/mol. The molecule has 7 heteroatoms. The summed E-state index contributed by atoms with van der Waals surface area (Å²) in [7, 11) is 1.63. The van der Waals surface area contributed by atoms with E-state index in [-0.39, 0.29) is 23.6 Å². The number of nitrogens with one attached hydrogen (secondary N) is 1. The Morgan fingerprint density at radius 2 is 1.69 bits per heavy atom. The van der Waals surface area contributed by atoms with Gasteiger partial charge in [0.05, 0.1) is 12.1 Å². The Balaban J connectivity index is 1.74. The minimum atomic E-state index is -0.796. The maximum absolute atomic E-state index is 13.5. The average Bonchev–Trinajstić information content (AvgIpc) is 2.88. The van der Waals surface area contributed by atoms with Crippen LogP contribution < -0.4 is 11.1 Å². The van der Waals surface area contributed by atoms with Gasteiger partial charge in [0.1, 0.15) is 11.8 Å². The second-order valence-electron chi connectivity index (χ2n) is 8.73. The molecule has 3 rings (SSSR count). The van der Waals surface area contributed by atoms with Crippen LogP contribution in [0.1, 0.15) is 42.6 Å². The molecule has 4 N–H and O–H groups in total. The molecule has 35 heavy (non-hydrogen) atoms. The molecule has 184 valence electrons. The van der Waals surface area contributed by atoms with E-state index in [1.807, 2.05) is 55.5 Å². The van der Waals surface area contributed by atoms with Crippen LogP contribution in [-0.4, -0.2) is 45.9 Å². The van der Waals surface area contributed by atoms with Gasteiger partial charge in [-0.1, -0.05) is 61.9 Å². The molecule has 2 aromatic carbocycles. The molecule has 0 saturated carbocycles. The van der Waals surface area contributed by atoms with Gasteiger partial charge in [-0.2, -0.15) is 0 Å². The quantitative estimate of drug-likeness (QED) is 0.395. The Morgan fingerprint density at radius 1 is 1.00 bits per heavy atom. The zero-order chi connectivity index (χ0) is 25.2. The van der Waals surface area contributed by atoms with Crippen LogP contribution in [0.2, 0.25) is 0 Å². The predicted molar refractivity (Wildman–Crippen MR) is 137 cm³/mol. The summed E-state index contributed by atoms with van der Waals surface area (Å²) in [5, 5.41) is 12.6. The third-order valence-electron chi connectivity index (χ3n) is 6.05. The van der Waals surface area contributed by atoms with Crippen molar-refractivity contribution in [1.82, 2.24) is 15.2 Å². The Bertz CT molecular complexity index is 1070. The Kier molecular flexibility index (Phi) is 9.38. The lowest BCUT2D eigenvalue weighted by molar-refractivity contribution is -0.140. The van der Waals surface area contributed by atoms with Crippen molar-refractivity contribution in [3.63, 3.8) is 0 Å². The van der Waals surface area contributed by atoms with Gasteiger partial charge in [0.15, 0.2) is 0 Å². The van der Waals surface area contributed by atoms with Crippen molar-refractivity contribution in [1.29, 1.82) is 0 Å². The Labute approximate surface area is 207 Å². The number of likely N-dealkylation sites (N-methyl/N-ethyl adjacent to an activating group) is 1. The summed E-state index contributed by atoms with van der Waals surface area (Å²) < 4.78 is 0. The monoisotopic (exact) mass is 474 g/mol. The number of pyridine rings is 1. The van der Waals surface area contributed by atoms with Gasteiger partial charge in [-0.15, -0.1) is 0 Å².